The molecule has 0 bridgehead atoms. The fraction of sp³-hybridized carbons (Fsp3) is 0.214. The molecule has 0 unspecified atom stereocenters. The first-order valence-corrected chi connectivity index (χ1v) is 5.85. The van der Waals surface area contributed by atoms with Crippen molar-refractivity contribution in [3.05, 3.63) is 35.5 Å². The van der Waals surface area contributed by atoms with E-state index in [1.165, 1.54) is 6.92 Å². The van der Waals surface area contributed by atoms with E-state index in [2.05, 4.69) is 10.3 Å². The number of fused-ring (bicyclic) bond motifs is 1. The van der Waals surface area contributed by atoms with Gasteiger partial charge in [-0.25, -0.2) is 0 Å². The van der Waals surface area contributed by atoms with Crippen molar-refractivity contribution in [3.8, 4) is 0 Å². The molecule has 2 aromatic rings. The predicted molar refractivity (Wildman–Crippen MR) is 72.1 cm³/mol. The lowest BCUT2D eigenvalue weighted by molar-refractivity contribution is -0.136. The molecule has 5 heteroatoms. The molecular formula is C14H14N2O3. The highest BCUT2D eigenvalue weighted by atomic mass is 16.4. The second kappa shape index (κ2) is 5.06. The molecule has 2 rings (SSSR count). The number of nitrogens with one attached hydrogen (secondary N) is 1. The van der Waals surface area contributed by atoms with Crippen LogP contribution in [0.1, 0.15) is 18.2 Å². The molecule has 1 aromatic carbocycles. The van der Waals surface area contributed by atoms with Crippen molar-refractivity contribution < 1.29 is 14.7 Å². The van der Waals surface area contributed by atoms with Crippen molar-refractivity contribution in [2.45, 2.75) is 20.3 Å². The van der Waals surface area contributed by atoms with Crippen molar-refractivity contribution in [2.24, 2.45) is 0 Å². The predicted octanol–water partition coefficient (Wildman–Crippen LogP) is 2.13. The minimum absolute atomic E-state index is 0.0930. The third-order valence-corrected chi connectivity index (χ3v) is 2.72. The summed E-state index contributed by atoms with van der Waals surface area (Å²) in [6.07, 6.45) is -0.0930. The van der Waals surface area contributed by atoms with E-state index in [9.17, 15) is 9.59 Å². The third-order valence-electron chi connectivity index (χ3n) is 2.72. The number of aryl methyl sites for hydroxylation is 1. The Kier molecular flexibility index (Phi) is 3.46. The molecule has 0 radical (unpaired) electrons. The van der Waals surface area contributed by atoms with Crippen LogP contribution in [0.4, 0.5) is 5.69 Å². The van der Waals surface area contributed by atoms with Gasteiger partial charge in [-0.1, -0.05) is 0 Å². The lowest BCUT2D eigenvalue weighted by Gasteiger charge is -2.08. The topological polar surface area (TPSA) is 79.3 Å². The highest BCUT2D eigenvalue weighted by Crippen LogP contribution is 2.22. The van der Waals surface area contributed by atoms with Crippen LogP contribution >= 0.6 is 0 Å². The van der Waals surface area contributed by atoms with Crippen molar-refractivity contribution in [3.63, 3.8) is 0 Å². The molecule has 5 nitrogen and oxygen atoms in total. The molecule has 98 valence electrons. The molecule has 0 aliphatic heterocycles. The van der Waals surface area contributed by atoms with Crippen molar-refractivity contribution in [1.82, 2.24) is 4.98 Å². The highest BCUT2D eigenvalue weighted by molar-refractivity contribution is 5.93. The number of anilines is 1. The summed E-state index contributed by atoms with van der Waals surface area (Å²) in [4.78, 5) is 26.0. The number of rotatable bonds is 3. The van der Waals surface area contributed by atoms with Gasteiger partial charge in [0, 0.05) is 18.0 Å². The van der Waals surface area contributed by atoms with Gasteiger partial charge in [0.2, 0.25) is 5.91 Å². The fourth-order valence-electron chi connectivity index (χ4n) is 1.99. The largest absolute Gasteiger partial charge is 0.481 e. The summed E-state index contributed by atoms with van der Waals surface area (Å²) >= 11 is 0. The molecule has 0 saturated heterocycles. The molecule has 1 heterocycles. The van der Waals surface area contributed by atoms with Crippen molar-refractivity contribution in [2.75, 3.05) is 5.32 Å². The Labute approximate surface area is 110 Å². The second-order valence-corrected chi connectivity index (χ2v) is 4.41. The zero-order chi connectivity index (χ0) is 14.0. The van der Waals surface area contributed by atoms with Crippen LogP contribution in [-0.2, 0) is 16.0 Å². The quantitative estimate of drug-likeness (QED) is 0.883. The number of aliphatic carboxylic acids is 1. The zero-order valence-electron chi connectivity index (χ0n) is 10.7. The number of carbonyl (C=O) groups is 2. The molecule has 0 saturated carbocycles. The lowest BCUT2D eigenvalue weighted by atomic mass is 10.1. The number of hydrogen-bond acceptors (Lipinski definition) is 3. The Morgan fingerprint density at radius 2 is 2.05 bits per heavy atom. The van der Waals surface area contributed by atoms with E-state index in [0.29, 0.717) is 11.4 Å². The molecular weight excluding hydrogens is 244 g/mol. The standard InChI is InChI=1S/C14H14N2O3/c1-8-5-11(7-14(18)19)16-13-4-3-10(6-12(8)13)15-9(2)17/h3-6H,7H2,1-2H3,(H,15,17)(H,18,19). The summed E-state index contributed by atoms with van der Waals surface area (Å²) in [5, 5.41) is 12.4. The van der Waals surface area contributed by atoms with E-state index < -0.39 is 5.97 Å². The molecule has 0 aliphatic carbocycles. The van der Waals surface area contributed by atoms with E-state index in [4.69, 9.17) is 5.11 Å². The summed E-state index contributed by atoms with van der Waals surface area (Å²) in [5.41, 5.74) is 2.90. The second-order valence-electron chi connectivity index (χ2n) is 4.41. The van der Waals surface area contributed by atoms with Crippen LogP contribution in [-0.4, -0.2) is 22.0 Å². The Bertz CT molecular complexity index is 665. The third kappa shape index (κ3) is 3.07. The highest BCUT2D eigenvalue weighted by Gasteiger charge is 2.07. The number of carbonyl (C=O) groups excluding carboxylic acids is 1. The van der Waals surface area contributed by atoms with Crippen LogP contribution in [0.5, 0.6) is 0 Å². The van der Waals surface area contributed by atoms with E-state index in [-0.39, 0.29) is 12.3 Å². The van der Waals surface area contributed by atoms with Gasteiger partial charge in [0.1, 0.15) is 0 Å². The molecule has 2 N–H and O–H groups in total. The SMILES string of the molecule is CC(=O)Nc1ccc2nc(CC(=O)O)cc(C)c2c1. The van der Waals surface area contributed by atoms with Gasteiger partial charge in [0.05, 0.1) is 17.6 Å². The van der Waals surface area contributed by atoms with Crippen LogP contribution in [0, 0.1) is 6.92 Å². The molecule has 0 aliphatic rings. The molecule has 19 heavy (non-hydrogen) atoms. The van der Waals surface area contributed by atoms with E-state index in [1.807, 2.05) is 13.0 Å². The summed E-state index contributed by atoms with van der Waals surface area (Å²) in [7, 11) is 0. The van der Waals surface area contributed by atoms with Crippen LogP contribution in [0.3, 0.4) is 0 Å². The van der Waals surface area contributed by atoms with Crippen molar-refractivity contribution in [1.29, 1.82) is 0 Å². The number of carboxylic acid groups (broad SMARTS) is 1. The van der Waals surface area contributed by atoms with Crippen LogP contribution in [0.2, 0.25) is 0 Å². The summed E-state index contributed by atoms with van der Waals surface area (Å²) in [5.74, 6) is -1.03. The first-order valence-electron chi connectivity index (χ1n) is 5.85. The summed E-state index contributed by atoms with van der Waals surface area (Å²) < 4.78 is 0. The van der Waals surface area contributed by atoms with Gasteiger partial charge in [-0.05, 0) is 36.8 Å². The van der Waals surface area contributed by atoms with Gasteiger partial charge in [0.25, 0.3) is 0 Å². The van der Waals surface area contributed by atoms with E-state index in [0.717, 1.165) is 16.5 Å². The molecule has 0 fully saturated rings. The van der Waals surface area contributed by atoms with E-state index >= 15 is 0 Å². The average molecular weight is 258 g/mol. The average Bonchev–Trinajstić information content (AvgIpc) is 2.28. The minimum atomic E-state index is -0.902. The number of nitrogens with zero attached hydrogens (tertiary/aromatic N) is 1. The van der Waals surface area contributed by atoms with Crippen LogP contribution in [0.15, 0.2) is 24.3 Å². The minimum Gasteiger partial charge on any atom is -0.481 e. The normalized spacial score (nSPS) is 10.4. The Morgan fingerprint density at radius 3 is 2.68 bits per heavy atom. The first-order chi connectivity index (χ1) is 8.95. The van der Waals surface area contributed by atoms with E-state index in [1.54, 1.807) is 18.2 Å². The summed E-state index contributed by atoms with van der Waals surface area (Å²) in [6.45, 7) is 3.35. The molecule has 1 aromatic heterocycles. The van der Waals surface area contributed by atoms with Gasteiger partial charge in [-0.15, -0.1) is 0 Å². The number of benzene rings is 1. The molecule has 1 amide bonds. The first kappa shape index (κ1) is 13.0. The number of aromatic nitrogens is 1. The maximum Gasteiger partial charge on any atom is 0.309 e. The van der Waals surface area contributed by atoms with Crippen LogP contribution < -0.4 is 5.32 Å². The maximum absolute atomic E-state index is 11.0. The van der Waals surface area contributed by atoms with Gasteiger partial charge in [-0.2, -0.15) is 0 Å². The van der Waals surface area contributed by atoms with Gasteiger partial charge >= 0.3 is 5.97 Å². The Hall–Kier alpha value is -2.43. The van der Waals surface area contributed by atoms with Gasteiger partial charge in [0.15, 0.2) is 0 Å². The summed E-state index contributed by atoms with van der Waals surface area (Å²) in [6, 6.07) is 7.12. The van der Waals surface area contributed by atoms with Gasteiger partial charge < -0.3 is 10.4 Å². The smallest absolute Gasteiger partial charge is 0.309 e. The Morgan fingerprint density at radius 1 is 1.32 bits per heavy atom. The number of pyridine rings is 1. The molecule has 0 atom stereocenters. The number of amides is 1. The zero-order valence-corrected chi connectivity index (χ0v) is 10.7. The lowest BCUT2D eigenvalue weighted by Crippen LogP contribution is -2.06. The van der Waals surface area contributed by atoms with Gasteiger partial charge in [-0.3, -0.25) is 14.6 Å². The van der Waals surface area contributed by atoms with Crippen LogP contribution in [0.25, 0.3) is 10.9 Å². The number of carboxylic acids is 1. The fourth-order valence-corrected chi connectivity index (χ4v) is 1.99. The van der Waals surface area contributed by atoms with Crippen molar-refractivity contribution >= 4 is 28.5 Å². The maximum atomic E-state index is 11.0. The monoisotopic (exact) mass is 258 g/mol. The molecule has 0 spiro atoms. The number of hydrogen-bond donors (Lipinski definition) is 2. The Balaban J connectivity index is 2.47.